The van der Waals surface area contributed by atoms with Crippen LogP contribution < -0.4 is 5.32 Å². The summed E-state index contributed by atoms with van der Waals surface area (Å²) in [5.74, 6) is 0.329. The molecule has 3 rings (SSSR count). The van der Waals surface area contributed by atoms with Gasteiger partial charge in [-0.1, -0.05) is 12.8 Å². The van der Waals surface area contributed by atoms with Crippen LogP contribution in [0.15, 0.2) is 21.9 Å². The normalized spacial score (nSPS) is 15.5. The summed E-state index contributed by atoms with van der Waals surface area (Å²) in [6, 6.07) is 2.77. The molecule has 1 aliphatic carbocycles. The zero-order valence-corrected chi connectivity index (χ0v) is 12.9. The predicted octanol–water partition coefficient (Wildman–Crippen LogP) is 2.69. The lowest BCUT2D eigenvalue weighted by molar-refractivity contribution is -0.139. The number of aryl methyl sites for hydroxylation is 1. The van der Waals surface area contributed by atoms with Crippen LogP contribution in [-0.2, 0) is 4.79 Å². The molecule has 6 nitrogen and oxygen atoms in total. The molecule has 0 radical (unpaired) electrons. The van der Waals surface area contributed by atoms with Crippen LogP contribution in [0.1, 0.15) is 35.5 Å². The Morgan fingerprint density at radius 3 is 2.86 bits per heavy atom. The largest absolute Gasteiger partial charge is 0.480 e. The van der Waals surface area contributed by atoms with Gasteiger partial charge >= 0.3 is 5.97 Å². The lowest BCUT2D eigenvalue weighted by Gasteiger charge is -2.12. The zero-order valence-electron chi connectivity index (χ0n) is 12.0. The highest BCUT2D eigenvalue weighted by Crippen LogP contribution is 2.33. The number of nitrogens with one attached hydrogen (secondary N) is 1. The second-order valence-electron chi connectivity index (χ2n) is 5.49. The van der Waals surface area contributed by atoms with Gasteiger partial charge in [-0.2, -0.15) is 0 Å². The standard InChI is InChI=1S/C15H16N2O4S/c1-8-2-5-12(21-8)14-17-11(7-22-14)13(18)16-10(15(19)20)6-9-3-4-9/h2,5,7,9-10H,3-4,6H2,1H3,(H,16,18)(H,19,20). The number of carbonyl (C=O) groups excluding carboxylic acids is 1. The van der Waals surface area contributed by atoms with E-state index in [0.717, 1.165) is 18.6 Å². The van der Waals surface area contributed by atoms with Gasteiger partial charge in [0.05, 0.1) is 0 Å². The summed E-state index contributed by atoms with van der Waals surface area (Å²) < 4.78 is 5.46. The van der Waals surface area contributed by atoms with Crippen molar-refractivity contribution in [2.45, 2.75) is 32.2 Å². The van der Waals surface area contributed by atoms with Gasteiger partial charge in [-0.15, -0.1) is 11.3 Å². The van der Waals surface area contributed by atoms with Crippen LogP contribution in [-0.4, -0.2) is 28.0 Å². The number of nitrogens with zero attached hydrogens (tertiary/aromatic N) is 1. The van der Waals surface area contributed by atoms with Gasteiger partial charge in [0, 0.05) is 5.38 Å². The Kier molecular flexibility index (Phi) is 3.98. The molecule has 1 aliphatic rings. The van der Waals surface area contributed by atoms with Crippen molar-refractivity contribution in [1.82, 2.24) is 10.3 Å². The first-order valence-electron chi connectivity index (χ1n) is 7.09. The molecule has 0 spiro atoms. The number of amides is 1. The molecular formula is C15H16N2O4S. The van der Waals surface area contributed by atoms with Crippen LogP contribution in [0.4, 0.5) is 0 Å². The molecule has 0 bridgehead atoms. The number of rotatable bonds is 6. The smallest absolute Gasteiger partial charge is 0.326 e. The Morgan fingerprint density at radius 1 is 1.50 bits per heavy atom. The fourth-order valence-electron chi connectivity index (χ4n) is 2.18. The molecule has 0 saturated heterocycles. The van der Waals surface area contributed by atoms with E-state index in [-0.39, 0.29) is 5.69 Å². The summed E-state index contributed by atoms with van der Waals surface area (Å²) in [6.07, 6.45) is 2.56. The molecule has 2 N–H and O–H groups in total. The fourth-order valence-corrected chi connectivity index (χ4v) is 2.94. The maximum atomic E-state index is 12.2. The van der Waals surface area contributed by atoms with Crippen molar-refractivity contribution in [3.05, 3.63) is 29.0 Å². The summed E-state index contributed by atoms with van der Waals surface area (Å²) in [7, 11) is 0. The van der Waals surface area contributed by atoms with Gasteiger partial charge in [-0.3, -0.25) is 4.79 Å². The molecule has 1 amide bonds. The average Bonchev–Trinajstić information content (AvgIpc) is 2.98. The van der Waals surface area contributed by atoms with E-state index >= 15 is 0 Å². The van der Waals surface area contributed by atoms with Crippen molar-refractivity contribution in [3.8, 4) is 10.8 Å². The van der Waals surface area contributed by atoms with Gasteiger partial charge in [0.15, 0.2) is 10.8 Å². The number of aliphatic carboxylic acids is 1. The van der Waals surface area contributed by atoms with E-state index in [2.05, 4.69) is 10.3 Å². The molecule has 7 heteroatoms. The van der Waals surface area contributed by atoms with E-state index < -0.39 is 17.9 Å². The van der Waals surface area contributed by atoms with Gasteiger partial charge in [0.2, 0.25) is 0 Å². The van der Waals surface area contributed by atoms with Crippen molar-refractivity contribution >= 4 is 23.2 Å². The number of thiazole rings is 1. The Labute approximate surface area is 131 Å². The Hall–Kier alpha value is -2.15. The highest BCUT2D eigenvalue weighted by molar-refractivity contribution is 7.13. The summed E-state index contributed by atoms with van der Waals surface area (Å²) >= 11 is 1.29. The highest BCUT2D eigenvalue weighted by Gasteiger charge is 2.30. The quantitative estimate of drug-likeness (QED) is 0.853. The lowest BCUT2D eigenvalue weighted by Crippen LogP contribution is -2.41. The molecule has 0 aromatic carbocycles. The molecule has 22 heavy (non-hydrogen) atoms. The predicted molar refractivity (Wildman–Crippen MR) is 80.8 cm³/mol. The van der Waals surface area contributed by atoms with Crippen molar-refractivity contribution < 1.29 is 19.1 Å². The van der Waals surface area contributed by atoms with Crippen molar-refractivity contribution in [3.63, 3.8) is 0 Å². The molecule has 2 heterocycles. The summed E-state index contributed by atoms with van der Waals surface area (Å²) in [5.41, 5.74) is 0.219. The Bertz CT molecular complexity index is 702. The molecule has 1 atom stereocenters. The minimum absolute atomic E-state index is 0.219. The Morgan fingerprint density at radius 2 is 2.27 bits per heavy atom. The number of carboxylic acid groups (broad SMARTS) is 1. The third kappa shape index (κ3) is 3.36. The van der Waals surface area contributed by atoms with Crippen LogP contribution in [0.5, 0.6) is 0 Å². The number of hydrogen-bond acceptors (Lipinski definition) is 5. The number of furan rings is 1. The van der Waals surface area contributed by atoms with Gasteiger partial charge < -0.3 is 14.8 Å². The van der Waals surface area contributed by atoms with Crippen LogP contribution >= 0.6 is 11.3 Å². The van der Waals surface area contributed by atoms with E-state index in [1.165, 1.54) is 11.3 Å². The Balaban J connectivity index is 1.69. The van der Waals surface area contributed by atoms with Gasteiger partial charge in [0.25, 0.3) is 5.91 Å². The third-order valence-electron chi connectivity index (χ3n) is 3.56. The number of hydrogen-bond donors (Lipinski definition) is 2. The van der Waals surface area contributed by atoms with E-state index in [1.54, 1.807) is 11.4 Å². The van der Waals surface area contributed by atoms with E-state index in [1.807, 2.05) is 13.0 Å². The van der Waals surface area contributed by atoms with Crippen LogP contribution in [0, 0.1) is 12.8 Å². The number of carbonyl (C=O) groups is 2. The second-order valence-corrected chi connectivity index (χ2v) is 6.35. The molecule has 1 fully saturated rings. The molecule has 1 unspecified atom stereocenters. The highest BCUT2D eigenvalue weighted by atomic mass is 32.1. The molecule has 0 aliphatic heterocycles. The molecule has 2 aromatic heterocycles. The average molecular weight is 320 g/mol. The van der Waals surface area contributed by atoms with Gasteiger partial charge in [-0.25, -0.2) is 9.78 Å². The van der Waals surface area contributed by atoms with Crippen LogP contribution in [0.25, 0.3) is 10.8 Å². The molecule has 1 saturated carbocycles. The topological polar surface area (TPSA) is 92.4 Å². The van der Waals surface area contributed by atoms with Crippen LogP contribution in [0.3, 0.4) is 0 Å². The monoisotopic (exact) mass is 320 g/mol. The minimum Gasteiger partial charge on any atom is -0.480 e. The third-order valence-corrected chi connectivity index (χ3v) is 4.41. The lowest BCUT2D eigenvalue weighted by atomic mass is 10.1. The zero-order chi connectivity index (χ0) is 15.7. The molecule has 116 valence electrons. The second kappa shape index (κ2) is 5.92. The first-order chi connectivity index (χ1) is 10.5. The van der Waals surface area contributed by atoms with Crippen LogP contribution in [0.2, 0.25) is 0 Å². The van der Waals surface area contributed by atoms with Gasteiger partial charge in [-0.05, 0) is 31.4 Å². The fraction of sp³-hybridized carbons (Fsp3) is 0.400. The number of aromatic nitrogens is 1. The summed E-state index contributed by atoms with van der Waals surface area (Å²) in [6.45, 7) is 1.83. The summed E-state index contributed by atoms with van der Waals surface area (Å²) in [4.78, 5) is 27.6. The first kappa shape index (κ1) is 14.8. The van der Waals surface area contributed by atoms with E-state index in [4.69, 9.17) is 4.42 Å². The van der Waals surface area contributed by atoms with Crippen molar-refractivity contribution in [1.29, 1.82) is 0 Å². The van der Waals surface area contributed by atoms with Crippen molar-refractivity contribution in [2.75, 3.05) is 0 Å². The van der Waals surface area contributed by atoms with E-state index in [0.29, 0.717) is 23.1 Å². The SMILES string of the molecule is Cc1ccc(-c2nc(C(=O)NC(CC3CC3)C(=O)O)cs2)o1. The maximum Gasteiger partial charge on any atom is 0.326 e. The number of carboxylic acids is 1. The minimum atomic E-state index is -1.00. The molecule has 2 aromatic rings. The summed E-state index contributed by atoms with van der Waals surface area (Å²) in [5, 5.41) is 13.9. The first-order valence-corrected chi connectivity index (χ1v) is 7.97. The molecular weight excluding hydrogens is 304 g/mol. The van der Waals surface area contributed by atoms with E-state index in [9.17, 15) is 14.7 Å². The van der Waals surface area contributed by atoms with Gasteiger partial charge in [0.1, 0.15) is 17.5 Å². The van der Waals surface area contributed by atoms with Crippen molar-refractivity contribution in [2.24, 2.45) is 5.92 Å². The maximum absolute atomic E-state index is 12.2.